The molecule has 0 amide bonds. The number of nitrogens with one attached hydrogen (secondary N) is 1. The van der Waals surface area contributed by atoms with Crippen molar-refractivity contribution in [1.82, 2.24) is 0 Å². The molecule has 0 bridgehead atoms. The second-order valence-electron chi connectivity index (χ2n) is 5.04. The molecule has 1 aromatic rings. The van der Waals surface area contributed by atoms with E-state index in [0.717, 1.165) is 18.7 Å². The van der Waals surface area contributed by atoms with Crippen molar-refractivity contribution in [3.05, 3.63) is 28.8 Å². The molecule has 0 radical (unpaired) electrons. The second-order valence-corrected chi connectivity index (χ2v) is 5.45. The number of nitrogens with zero attached hydrogens (tertiary/aromatic N) is 1. The Bertz CT molecular complexity index is 399. The van der Waals surface area contributed by atoms with E-state index in [-0.39, 0.29) is 0 Å². The van der Waals surface area contributed by atoms with Crippen LogP contribution in [0.3, 0.4) is 0 Å². The number of benzene rings is 1. The summed E-state index contributed by atoms with van der Waals surface area (Å²) in [5, 5.41) is 12.7. The van der Waals surface area contributed by atoms with Crippen LogP contribution >= 0.6 is 11.6 Å². The molecule has 1 N–H and O–H groups in total. The summed E-state index contributed by atoms with van der Waals surface area (Å²) in [5.74, 6) is 0. The van der Waals surface area contributed by atoms with Gasteiger partial charge in [0.1, 0.15) is 0 Å². The van der Waals surface area contributed by atoms with Gasteiger partial charge in [-0.25, -0.2) is 0 Å². The summed E-state index contributed by atoms with van der Waals surface area (Å²) < 4.78 is 0. The first-order valence-electron chi connectivity index (χ1n) is 5.36. The predicted octanol–water partition coefficient (Wildman–Crippen LogP) is 4.06. The number of hydrogen-bond donors (Lipinski definition) is 1. The van der Waals surface area contributed by atoms with Crippen LogP contribution in [0.15, 0.2) is 18.2 Å². The standard InChI is InChI=1S/C13H17ClN2/c1-13(2,3)6-7-16-12-8-10(9-15)4-5-11(12)14/h4-5,8,16H,6-7H2,1-3H3. The van der Waals surface area contributed by atoms with Crippen LogP contribution in [-0.4, -0.2) is 6.54 Å². The largest absolute Gasteiger partial charge is 0.384 e. The van der Waals surface area contributed by atoms with Gasteiger partial charge in [0.15, 0.2) is 0 Å². The van der Waals surface area contributed by atoms with Gasteiger partial charge in [0.25, 0.3) is 0 Å². The zero-order valence-electron chi connectivity index (χ0n) is 9.97. The molecule has 1 rings (SSSR count). The van der Waals surface area contributed by atoms with Crippen LogP contribution in [0.4, 0.5) is 5.69 Å². The maximum atomic E-state index is 8.79. The van der Waals surface area contributed by atoms with E-state index in [0.29, 0.717) is 16.0 Å². The first-order valence-corrected chi connectivity index (χ1v) is 5.74. The quantitative estimate of drug-likeness (QED) is 0.859. The summed E-state index contributed by atoms with van der Waals surface area (Å²) in [5.41, 5.74) is 1.76. The van der Waals surface area contributed by atoms with E-state index in [9.17, 15) is 0 Å². The zero-order valence-corrected chi connectivity index (χ0v) is 10.7. The highest BCUT2D eigenvalue weighted by Gasteiger charge is 2.09. The fraction of sp³-hybridized carbons (Fsp3) is 0.462. The highest BCUT2D eigenvalue weighted by Crippen LogP contribution is 2.24. The van der Waals surface area contributed by atoms with Gasteiger partial charge in [0.2, 0.25) is 0 Å². The van der Waals surface area contributed by atoms with Gasteiger partial charge in [-0.2, -0.15) is 5.26 Å². The number of anilines is 1. The van der Waals surface area contributed by atoms with Crippen molar-refractivity contribution in [1.29, 1.82) is 5.26 Å². The van der Waals surface area contributed by atoms with E-state index in [1.165, 1.54) is 0 Å². The maximum absolute atomic E-state index is 8.79. The molecule has 3 heteroatoms. The summed E-state index contributed by atoms with van der Waals surface area (Å²) >= 11 is 6.03. The Morgan fingerprint density at radius 1 is 1.38 bits per heavy atom. The van der Waals surface area contributed by atoms with Gasteiger partial charge < -0.3 is 5.32 Å². The zero-order chi connectivity index (χ0) is 12.2. The first kappa shape index (κ1) is 12.9. The molecule has 0 spiro atoms. The SMILES string of the molecule is CC(C)(C)CCNc1cc(C#N)ccc1Cl. The Kier molecular flexibility index (Phi) is 4.20. The molecule has 0 aliphatic heterocycles. The minimum atomic E-state index is 0.298. The van der Waals surface area contributed by atoms with Crippen LogP contribution in [0, 0.1) is 16.7 Å². The van der Waals surface area contributed by atoms with Crippen LogP contribution in [0.5, 0.6) is 0 Å². The Balaban J connectivity index is 2.64. The van der Waals surface area contributed by atoms with E-state index in [4.69, 9.17) is 16.9 Å². The van der Waals surface area contributed by atoms with E-state index < -0.39 is 0 Å². The van der Waals surface area contributed by atoms with Crippen molar-refractivity contribution < 1.29 is 0 Å². The molecule has 0 aliphatic carbocycles. The van der Waals surface area contributed by atoms with Crippen molar-refractivity contribution in [3.8, 4) is 6.07 Å². The predicted molar refractivity (Wildman–Crippen MR) is 68.7 cm³/mol. The van der Waals surface area contributed by atoms with Crippen molar-refractivity contribution in [3.63, 3.8) is 0 Å². The fourth-order valence-corrected chi connectivity index (χ4v) is 1.49. The molecule has 0 aromatic heterocycles. The lowest BCUT2D eigenvalue weighted by atomic mass is 9.92. The lowest BCUT2D eigenvalue weighted by Gasteiger charge is -2.19. The van der Waals surface area contributed by atoms with Crippen LogP contribution in [0.25, 0.3) is 0 Å². The third kappa shape index (κ3) is 4.12. The normalized spacial score (nSPS) is 10.9. The van der Waals surface area contributed by atoms with Gasteiger partial charge in [-0.05, 0) is 30.0 Å². The van der Waals surface area contributed by atoms with E-state index in [1.54, 1.807) is 18.2 Å². The third-order valence-corrected chi connectivity index (χ3v) is 2.62. The van der Waals surface area contributed by atoms with Crippen LogP contribution in [0.1, 0.15) is 32.8 Å². The minimum absolute atomic E-state index is 0.298. The van der Waals surface area contributed by atoms with Crippen molar-refractivity contribution in [2.24, 2.45) is 5.41 Å². The van der Waals surface area contributed by atoms with Crippen molar-refractivity contribution in [2.75, 3.05) is 11.9 Å². The van der Waals surface area contributed by atoms with E-state index >= 15 is 0 Å². The molecule has 0 aliphatic rings. The lowest BCUT2D eigenvalue weighted by Crippen LogP contribution is -2.13. The Hall–Kier alpha value is -1.20. The maximum Gasteiger partial charge on any atom is 0.0992 e. The van der Waals surface area contributed by atoms with Crippen molar-refractivity contribution >= 4 is 17.3 Å². The first-order chi connectivity index (χ1) is 7.42. The molecule has 0 saturated heterocycles. The van der Waals surface area contributed by atoms with Gasteiger partial charge in [0.05, 0.1) is 22.3 Å². The number of nitriles is 1. The van der Waals surface area contributed by atoms with Crippen molar-refractivity contribution in [2.45, 2.75) is 27.2 Å². The number of halogens is 1. The van der Waals surface area contributed by atoms with Crippen LogP contribution < -0.4 is 5.32 Å². The molecule has 1 aromatic carbocycles. The Labute approximate surface area is 102 Å². The lowest BCUT2D eigenvalue weighted by molar-refractivity contribution is 0.390. The summed E-state index contributed by atoms with van der Waals surface area (Å²) in [6.45, 7) is 7.45. The average Bonchev–Trinajstić information content (AvgIpc) is 2.19. The number of hydrogen-bond acceptors (Lipinski definition) is 2. The average molecular weight is 237 g/mol. The highest BCUT2D eigenvalue weighted by molar-refractivity contribution is 6.33. The second kappa shape index (κ2) is 5.23. The summed E-state index contributed by atoms with van der Waals surface area (Å²) in [6, 6.07) is 7.35. The molecule has 16 heavy (non-hydrogen) atoms. The van der Waals surface area contributed by atoms with E-state index in [2.05, 4.69) is 32.2 Å². The summed E-state index contributed by atoms with van der Waals surface area (Å²) in [6.07, 6.45) is 1.06. The van der Waals surface area contributed by atoms with Gasteiger partial charge in [0, 0.05) is 6.54 Å². The molecule has 0 unspecified atom stereocenters. The molecular weight excluding hydrogens is 220 g/mol. The molecular formula is C13H17ClN2. The highest BCUT2D eigenvalue weighted by atomic mass is 35.5. The van der Waals surface area contributed by atoms with Gasteiger partial charge in [-0.15, -0.1) is 0 Å². The third-order valence-electron chi connectivity index (χ3n) is 2.29. The minimum Gasteiger partial charge on any atom is -0.384 e. The smallest absolute Gasteiger partial charge is 0.0992 e. The number of rotatable bonds is 3. The molecule has 86 valence electrons. The van der Waals surface area contributed by atoms with Crippen LogP contribution in [0.2, 0.25) is 5.02 Å². The molecule has 0 fully saturated rings. The molecule has 2 nitrogen and oxygen atoms in total. The van der Waals surface area contributed by atoms with Gasteiger partial charge in [-0.3, -0.25) is 0 Å². The molecule has 0 heterocycles. The summed E-state index contributed by atoms with van der Waals surface area (Å²) in [7, 11) is 0. The Morgan fingerprint density at radius 2 is 2.06 bits per heavy atom. The summed E-state index contributed by atoms with van der Waals surface area (Å²) in [4.78, 5) is 0. The van der Waals surface area contributed by atoms with Gasteiger partial charge in [-0.1, -0.05) is 32.4 Å². The fourth-order valence-electron chi connectivity index (χ4n) is 1.30. The topological polar surface area (TPSA) is 35.8 Å². The van der Waals surface area contributed by atoms with Crippen LogP contribution in [-0.2, 0) is 0 Å². The Morgan fingerprint density at radius 3 is 2.62 bits per heavy atom. The van der Waals surface area contributed by atoms with E-state index in [1.807, 2.05) is 0 Å². The molecule has 0 saturated carbocycles. The monoisotopic (exact) mass is 236 g/mol. The van der Waals surface area contributed by atoms with Gasteiger partial charge >= 0.3 is 0 Å². The molecule has 0 atom stereocenters.